The molecule has 0 bridgehead atoms. The van der Waals surface area contributed by atoms with Crippen LogP contribution in [0, 0.1) is 0 Å². The first kappa shape index (κ1) is 11.2. The van der Waals surface area contributed by atoms with E-state index in [4.69, 9.17) is 0 Å². The van der Waals surface area contributed by atoms with Crippen LogP contribution in [0.25, 0.3) is 0 Å². The molecule has 1 aliphatic heterocycles. The Morgan fingerprint density at radius 1 is 1.11 bits per heavy atom. The number of hydrogen-bond donors (Lipinski definition) is 1. The summed E-state index contributed by atoms with van der Waals surface area (Å²) in [5.41, 5.74) is 2.68. The van der Waals surface area contributed by atoms with Crippen LogP contribution in [-0.4, -0.2) is 13.1 Å². The summed E-state index contributed by atoms with van der Waals surface area (Å²) in [5, 5.41) is 7.06. The normalized spacial score (nSPS) is 12.0. The SMILES string of the molecule is C1CNN=N1.CC.CC. The van der Waals surface area contributed by atoms with E-state index in [-0.39, 0.29) is 0 Å². The quantitative estimate of drug-likeness (QED) is 0.536. The molecule has 0 atom stereocenters. The number of nitrogens with zero attached hydrogens (tertiary/aromatic N) is 2. The highest BCUT2D eigenvalue weighted by atomic mass is 15.5. The molecule has 1 N–H and O–H groups in total. The molecule has 0 amide bonds. The van der Waals surface area contributed by atoms with Crippen molar-refractivity contribution in [2.24, 2.45) is 10.3 Å². The molecule has 0 aromatic rings. The van der Waals surface area contributed by atoms with Gasteiger partial charge in [0, 0.05) is 0 Å². The summed E-state index contributed by atoms with van der Waals surface area (Å²) in [5.74, 6) is 0. The third-order valence-corrected chi connectivity index (χ3v) is 0.465. The van der Waals surface area contributed by atoms with Crippen LogP contribution in [0.15, 0.2) is 10.3 Å². The van der Waals surface area contributed by atoms with Crippen molar-refractivity contribution in [2.45, 2.75) is 27.7 Å². The molecule has 0 spiro atoms. The zero-order valence-corrected chi connectivity index (χ0v) is 6.81. The van der Waals surface area contributed by atoms with Crippen molar-refractivity contribution in [3.05, 3.63) is 0 Å². The number of hydrogen-bond acceptors (Lipinski definition) is 3. The van der Waals surface area contributed by atoms with Crippen LogP contribution in [-0.2, 0) is 0 Å². The lowest BCUT2D eigenvalue weighted by Gasteiger charge is -1.72. The molecule has 0 aliphatic carbocycles. The highest BCUT2D eigenvalue weighted by Crippen LogP contribution is 1.76. The monoisotopic (exact) mass is 131 g/mol. The van der Waals surface area contributed by atoms with Gasteiger partial charge in [0.25, 0.3) is 0 Å². The van der Waals surface area contributed by atoms with E-state index in [2.05, 4.69) is 15.8 Å². The smallest absolute Gasteiger partial charge is 0.0810 e. The maximum Gasteiger partial charge on any atom is 0.0810 e. The Morgan fingerprint density at radius 2 is 1.67 bits per heavy atom. The third kappa shape index (κ3) is 11.1. The topological polar surface area (TPSA) is 36.8 Å². The van der Waals surface area contributed by atoms with Crippen LogP contribution in [0.3, 0.4) is 0 Å². The number of rotatable bonds is 0. The fourth-order valence-corrected chi connectivity index (χ4v) is 0.250. The zero-order valence-electron chi connectivity index (χ0n) is 6.81. The molecule has 0 aromatic heterocycles. The molecule has 1 heterocycles. The Hall–Kier alpha value is -0.600. The highest BCUT2D eigenvalue weighted by molar-refractivity contribution is 4.45. The van der Waals surface area contributed by atoms with E-state index in [1.54, 1.807) is 0 Å². The minimum Gasteiger partial charge on any atom is -0.290 e. The van der Waals surface area contributed by atoms with Crippen LogP contribution >= 0.6 is 0 Å². The Labute approximate surface area is 57.5 Å². The summed E-state index contributed by atoms with van der Waals surface area (Å²) in [4.78, 5) is 0. The van der Waals surface area contributed by atoms with Gasteiger partial charge >= 0.3 is 0 Å². The predicted molar refractivity (Wildman–Crippen MR) is 40.4 cm³/mol. The third-order valence-electron chi connectivity index (χ3n) is 0.465. The second-order valence-electron chi connectivity index (χ2n) is 0.873. The lowest BCUT2D eigenvalue weighted by molar-refractivity contribution is 0.828. The van der Waals surface area contributed by atoms with Crippen molar-refractivity contribution in [1.29, 1.82) is 0 Å². The molecule has 0 fully saturated rings. The maximum atomic E-state index is 3.60. The molecule has 0 aromatic carbocycles. The highest BCUT2D eigenvalue weighted by Gasteiger charge is 1.84. The summed E-state index contributed by atoms with van der Waals surface area (Å²) in [6.07, 6.45) is 0. The maximum absolute atomic E-state index is 3.60. The molecular formula is C6H17N3. The predicted octanol–water partition coefficient (Wildman–Crippen LogP) is 2.01. The van der Waals surface area contributed by atoms with E-state index in [0.717, 1.165) is 13.1 Å². The Balaban J connectivity index is 0. The average molecular weight is 131 g/mol. The van der Waals surface area contributed by atoms with Gasteiger partial charge in [-0.2, -0.15) is 5.11 Å². The summed E-state index contributed by atoms with van der Waals surface area (Å²) >= 11 is 0. The van der Waals surface area contributed by atoms with Crippen molar-refractivity contribution in [3.63, 3.8) is 0 Å². The fraction of sp³-hybridized carbons (Fsp3) is 1.00. The van der Waals surface area contributed by atoms with Crippen LogP contribution in [0.4, 0.5) is 0 Å². The molecule has 3 heteroatoms. The van der Waals surface area contributed by atoms with Gasteiger partial charge in [-0.3, -0.25) is 5.43 Å². The summed E-state index contributed by atoms with van der Waals surface area (Å²) in [6.45, 7) is 9.76. The Kier molecular flexibility index (Phi) is 19.5. The van der Waals surface area contributed by atoms with Gasteiger partial charge in [-0.25, -0.2) is 0 Å². The van der Waals surface area contributed by atoms with Crippen molar-refractivity contribution in [2.75, 3.05) is 13.1 Å². The molecule has 0 saturated carbocycles. The minimum atomic E-state index is 0.847. The average Bonchev–Trinajstić information content (AvgIpc) is 2.51. The van der Waals surface area contributed by atoms with Gasteiger partial charge in [0.1, 0.15) is 0 Å². The molecule has 1 rings (SSSR count). The molecule has 0 saturated heterocycles. The second-order valence-corrected chi connectivity index (χ2v) is 0.873. The fourth-order valence-electron chi connectivity index (χ4n) is 0.250. The Morgan fingerprint density at radius 3 is 1.78 bits per heavy atom. The largest absolute Gasteiger partial charge is 0.290 e. The molecule has 3 nitrogen and oxygen atoms in total. The van der Waals surface area contributed by atoms with Crippen LogP contribution in [0.2, 0.25) is 0 Å². The second kappa shape index (κ2) is 15.7. The summed E-state index contributed by atoms with van der Waals surface area (Å²) < 4.78 is 0. The van der Waals surface area contributed by atoms with Gasteiger partial charge in [0.2, 0.25) is 0 Å². The molecule has 0 unspecified atom stereocenters. The zero-order chi connectivity index (χ0) is 7.54. The summed E-state index contributed by atoms with van der Waals surface area (Å²) in [7, 11) is 0. The number of nitrogens with one attached hydrogen (secondary N) is 1. The van der Waals surface area contributed by atoms with E-state index in [1.807, 2.05) is 27.7 Å². The minimum absolute atomic E-state index is 0.847. The molecule has 0 radical (unpaired) electrons. The van der Waals surface area contributed by atoms with Gasteiger partial charge in [-0.1, -0.05) is 32.9 Å². The van der Waals surface area contributed by atoms with Gasteiger partial charge in [0.05, 0.1) is 13.1 Å². The molecular weight excluding hydrogens is 114 g/mol. The first-order valence-corrected chi connectivity index (χ1v) is 3.59. The lowest BCUT2D eigenvalue weighted by atomic mass is 10.7. The van der Waals surface area contributed by atoms with E-state index < -0.39 is 0 Å². The standard InChI is InChI=1S/C2H5N3.2C2H6/c1-2-4-5-3-1;2*1-2/h1-2H2,(H,3,4);2*1-2H3. The lowest BCUT2D eigenvalue weighted by Crippen LogP contribution is -1.99. The van der Waals surface area contributed by atoms with Gasteiger partial charge in [0.15, 0.2) is 0 Å². The first-order valence-electron chi connectivity index (χ1n) is 3.59. The van der Waals surface area contributed by atoms with E-state index in [9.17, 15) is 0 Å². The Bertz CT molecular complexity index is 46.3. The van der Waals surface area contributed by atoms with Crippen molar-refractivity contribution in [3.8, 4) is 0 Å². The van der Waals surface area contributed by atoms with Crippen molar-refractivity contribution in [1.82, 2.24) is 5.43 Å². The van der Waals surface area contributed by atoms with Gasteiger partial charge < -0.3 is 0 Å². The van der Waals surface area contributed by atoms with E-state index in [1.165, 1.54) is 0 Å². The van der Waals surface area contributed by atoms with Crippen LogP contribution in [0.1, 0.15) is 27.7 Å². The van der Waals surface area contributed by atoms with Crippen LogP contribution < -0.4 is 5.43 Å². The van der Waals surface area contributed by atoms with Crippen molar-refractivity contribution >= 4 is 0 Å². The van der Waals surface area contributed by atoms with Gasteiger partial charge in [-0.15, -0.1) is 0 Å². The molecule has 1 aliphatic rings. The summed E-state index contributed by atoms with van der Waals surface area (Å²) in [6, 6.07) is 0. The van der Waals surface area contributed by atoms with Gasteiger partial charge in [-0.05, 0) is 0 Å². The van der Waals surface area contributed by atoms with Crippen LogP contribution in [0.5, 0.6) is 0 Å². The molecule has 9 heavy (non-hydrogen) atoms. The molecule has 56 valence electrons. The van der Waals surface area contributed by atoms with E-state index in [0.29, 0.717) is 0 Å². The van der Waals surface area contributed by atoms with E-state index >= 15 is 0 Å². The first-order chi connectivity index (χ1) is 4.50. The van der Waals surface area contributed by atoms with Crippen molar-refractivity contribution < 1.29 is 0 Å².